The average molecular weight is 364 g/mol. The quantitative estimate of drug-likeness (QED) is 0.867. The molecule has 5 nitrogen and oxygen atoms in total. The van der Waals surface area contributed by atoms with Gasteiger partial charge in [0.1, 0.15) is 0 Å². The summed E-state index contributed by atoms with van der Waals surface area (Å²) in [5.74, 6) is 0.591. The minimum absolute atomic E-state index is 0.0610. The molecule has 20 heavy (non-hydrogen) atoms. The third-order valence-corrected chi connectivity index (χ3v) is 6.45. The molecule has 0 amide bonds. The number of nitrogens with one attached hydrogen (secondary N) is 1. The number of hydrogen-bond acceptors (Lipinski definition) is 4. The Morgan fingerprint density at radius 2 is 2.20 bits per heavy atom. The van der Waals surface area contributed by atoms with Crippen LogP contribution in [0.1, 0.15) is 38.1 Å². The predicted octanol–water partition coefficient (Wildman–Crippen LogP) is 1.89. The minimum Gasteiger partial charge on any atom is -0.307 e. The summed E-state index contributed by atoms with van der Waals surface area (Å²) in [5, 5.41) is 7.93. The molecule has 1 N–H and O–H groups in total. The van der Waals surface area contributed by atoms with Crippen LogP contribution in [0.3, 0.4) is 0 Å². The number of sulfone groups is 1. The first-order chi connectivity index (χ1) is 9.46. The van der Waals surface area contributed by atoms with Crippen LogP contribution in [0.15, 0.2) is 4.47 Å². The standard InChI is InChI=1S/C13H22BrN3O2S/c1-3-11-13(14)12(17(4-2)16-11)8-15-10-6-5-7-20(18,19)9-10/h10,15H,3-9H2,1-2H3. The van der Waals surface area contributed by atoms with Crippen LogP contribution in [0, 0.1) is 0 Å². The van der Waals surface area contributed by atoms with E-state index >= 15 is 0 Å². The normalized spacial score (nSPS) is 22.1. The highest BCUT2D eigenvalue weighted by molar-refractivity contribution is 9.10. The van der Waals surface area contributed by atoms with Crippen LogP contribution in [-0.4, -0.2) is 35.7 Å². The van der Waals surface area contributed by atoms with E-state index in [1.165, 1.54) is 0 Å². The second-order valence-electron chi connectivity index (χ2n) is 5.21. The fraction of sp³-hybridized carbons (Fsp3) is 0.769. The lowest BCUT2D eigenvalue weighted by Gasteiger charge is -2.23. The molecular formula is C13H22BrN3O2S. The van der Waals surface area contributed by atoms with Crippen LogP contribution in [0.5, 0.6) is 0 Å². The van der Waals surface area contributed by atoms with Crippen LogP contribution in [0.2, 0.25) is 0 Å². The van der Waals surface area contributed by atoms with E-state index in [4.69, 9.17) is 0 Å². The molecule has 1 unspecified atom stereocenters. The Kier molecular flexibility index (Phi) is 5.25. The van der Waals surface area contributed by atoms with Gasteiger partial charge in [-0.05, 0) is 42.1 Å². The molecule has 1 saturated heterocycles. The van der Waals surface area contributed by atoms with E-state index in [2.05, 4.69) is 40.2 Å². The maximum absolute atomic E-state index is 11.6. The highest BCUT2D eigenvalue weighted by atomic mass is 79.9. The van der Waals surface area contributed by atoms with Crippen molar-refractivity contribution in [1.82, 2.24) is 15.1 Å². The van der Waals surface area contributed by atoms with Gasteiger partial charge in [0, 0.05) is 19.1 Å². The van der Waals surface area contributed by atoms with Crippen LogP contribution in [0.25, 0.3) is 0 Å². The molecule has 1 aliphatic heterocycles. The van der Waals surface area contributed by atoms with Gasteiger partial charge in [0.15, 0.2) is 9.84 Å². The summed E-state index contributed by atoms with van der Waals surface area (Å²) in [5.41, 5.74) is 2.16. The van der Waals surface area contributed by atoms with Gasteiger partial charge in [-0.15, -0.1) is 0 Å². The number of nitrogens with zero attached hydrogens (tertiary/aromatic N) is 2. The van der Waals surface area contributed by atoms with Gasteiger partial charge in [-0.1, -0.05) is 6.92 Å². The number of hydrogen-bond donors (Lipinski definition) is 1. The molecule has 1 aliphatic rings. The van der Waals surface area contributed by atoms with E-state index in [0.29, 0.717) is 12.3 Å². The first-order valence-electron chi connectivity index (χ1n) is 7.14. The molecule has 0 saturated carbocycles. The molecule has 1 aromatic heterocycles. The lowest BCUT2D eigenvalue weighted by molar-refractivity contribution is 0.466. The smallest absolute Gasteiger partial charge is 0.151 e. The number of aryl methyl sites for hydroxylation is 2. The zero-order valence-electron chi connectivity index (χ0n) is 12.0. The Labute approximate surface area is 129 Å². The number of halogens is 1. The summed E-state index contributed by atoms with van der Waals surface area (Å²) < 4.78 is 26.3. The Bertz CT molecular complexity index is 568. The molecule has 0 aliphatic carbocycles. The summed E-state index contributed by atoms with van der Waals surface area (Å²) in [7, 11) is -2.86. The maximum atomic E-state index is 11.6. The fourth-order valence-corrected chi connectivity index (χ4v) is 4.99. The lowest BCUT2D eigenvalue weighted by Crippen LogP contribution is -2.40. The molecule has 1 atom stereocenters. The molecule has 114 valence electrons. The molecule has 0 spiro atoms. The van der Waals surface area contributed by atoms with Crippen LogP contribution in [0.4, 0.5) is 0 Å². The van der Waals surface area contributed by atoms with Crippen molar-refractivity contribution in [2.45, 2.75) is 52.2 Å². The average Bonchev–Trinajstić information content (AvgIpc) is 2.71. The number of rotatable bonds is 5. The second-order valence-corrected chi connectivity index (χ2v) is 8.23. The molecule has 1 fully saturated rings. The van der Waals surface area contributed by atoms with Crippen molar-refractivity contribution in [3.05, 3.63) is 15.9 Å². The third kappa shape index (κ3) is 3.62. The summed E-state index contributed by atoms with van der Waals surface area (Å²) in [4.78, 5) is 0. The highest BCUT2D eigenvalue weighted by Gasteiger charge is 2.25. The molecule has 2 rings (SSSR count). The number of aromatic nitrogens is 2. The van der Waals surface area contributed by atoms with Crippen LogP contribution >= 0.6 is 15.9 Å². The van der Waals surface area contributed by atoms with E-state index in [1.807, 2.05) is 4.68 Å². The lowest BCUT2D eigenvalue weighted by atomic mass is 10.2. The van der Waals surface area contributed by atoms with Crippen molar-refractivity contribution in [2.24, 2.45) is 0 Å². The van der Waals surface area contributed by atoms with Gasteiger partial charge in [-0.25, -0.2) is 8.42 Å². The van der Waals surface area contributed by atoms with Gasteiger partial charge in [0.2, 0.25) is 0 Å². The first kappa shape index (κ1) is 16.0. The Morgan fingerprint density at radius 3 is 2.80 bits per heavy atom. The van der Waals surface area contributed by atoms with Gasteiger partial charge < -0.3 is 5.32 Å². The zero-order valence-corrected chi connectivity index (χ0v) is 14.4. The first-order valence-corrected chi connectivity index (χ1v) is 9.76. The largest absolute Gasteiger partial charge is 0.307 e. The van der Waals surface area contributed by atoms with Crippen molar-refractivity contribution in [2.75, 3.05) is 11.5 Å². The molecule has 2 heterocycles. The van der Waals surface area contributed by atoms with Crippen LogP contribution < -0.4 is 5.32 Å². The Hall–Kier alpha value is -0.400. The Morgan fingerprint density at radius 1 is 1.45 bits per heavy atom. The molecule has 1 aromatic rings. The van der Waals surface area contributed by atoms with E-state index in [9.17, 15) is 8.42 Å². The zero-order chi connectivity index (χ0) is 14.8. The van der Waals surface area contributed by atoms with Crippen molar-refractivity contribution in [3.8, 4) is 0 Å². The minimum atomic E-state index is -2.86. The highest BCUT2D eigenvalue weighted by Crippen LogP contribution is 2.23. The second kappa shape index (κ2) is 6.58. The van der Waals surface area contributed by atoms with Crippen LogP contribution in [-0.2, 0) is 29.3 Å². The van der Waals surface area contributed by atoms with Crippen molar-refractivity contribution >= 4 is 25.8 Å². The van der Waals surface area contributed by atoms with E-state index < -0.39 is 9.84 Å². The van der Waals surface area contributed by atoms with E-state index in [1.54, 1.807) is 0 Å². The van der Waals surface area contributed by atoms with Gasteiger partial charge >= 0.3 is 0 Å². The SMILES string of the molecule is CCc1nn(CC)c(CNC2CCCS(=O)(=O)C2)c1Br. The monoisotopic (exact) mass is 363 g/mol. The topological polar surface area (TPSA) is 64.0 Å². The molecule has 0 bridgehead atoms. The molecular weight excluding hydrogens is 342 g/mol. The predicted molar refractivity (Wildman–Crippen MR) is 83.5 cm³/mol. The van der Waals surface area contributed by atoms with E-state index in [-0.39, 0.29) is 11.8 Å². The molecule has 0 radical (unpaired) electrons. The van der Waals surface area contributed by atoms with Gasteiger partial charge in [0.05, 0.1) is 27.4 Å². The molecule has 7 heteroatoms. The summed E-state index contributed by atoms with van der Waals surface area (Å²) in [6.45, 7) is 5.62. The summed E-state index contributed by atoms with van der Waals surface area (Å²) in [6, 6.07) is 0.0610. The van der Waals surface area contributed by atoms with Crippen molar-refractivity contribution in [3.63, 3.8) is 0 Å². The van der Waals surface area contributed by atoms with E-state index in [0.717, 1.165) is 41.7 Å². The Balaban J connectivity index is 2.05. The third-order valence-electron chi connectivity index (χ3n) is 3.72. The fourth-order valence-electron chi connectivity index (χ4n) is 2.61. The van der Waals surface area contributed by atoms with Crippen molar-refractivity contribution < 1.29 is 8.42 Å². The summed E-state index contributed by atoms with van der Waals surface area (Å²) in [6.07, 6.45) is 2.57. The molecule has 0 aromatic carbocycles. The van der Waals surface area contributed by atoms with Gasteiger partial charge in [-0.2, -0.15) is 5.10 Å². The van der Waals surface area contributed by atoms with Gasteiger partial charge in [-0.3, -0.25) is 4.68 Å². The van der Waals surface area contributed by atoms with Gasteiger partial charge in [0.25, 0.3) is 0 Å². The maximum Gasteiger partial charge on any atom is 0.151 e. The summed E-state index contributed by atoms with van der Waals surface area (Å²) >= 11 is 3.61. The van der Waals surface area contributed by atoms with Crippen molar-refractivity contribution in [1.29, 1.82) is 0 Å².